The summed E-state index contributed by atoms with van der Waals surface area (Å²) in [5.41, 5.74) is 6.00. The summed E-state index contributed by atoms with van der Waals surface area (Å²) in [6, 6.07) is 4.92. The lowest BCUT2D eigenvalue weighted by Crippen LogP contribution is -2.28. The third kappa shape index (κ3) is 1.24. The van der Waals surface area contributed by atoms with Crippen LogP contribution in [0.2, 0.25) is 0 Å². The van der Waals surface area contributed by atoms with Crippen LogP contribution in [0.4, 0.5) is 5.69 Å². The number of benzene rings is 1. The number of nitrogens with two attached hydrogens (primary N) is 1. The van der Waals surface area contributed by atoms with Crippen molar-refractivity contribution in [3.63, 3.8) is 0 Å². The Kier molecular flexibility index (Phi) is 2.11. The van der Waals surface area contributed by atoms with E-state index in [0.717, 1.165) is 11.3 Å². The summed E-state index contributed by atoms with van der Waals surface area (Å²) >= 11 is 1.08. The minimum absolute atomic E-state index is 0.103. The average molecular weight is 209 g/mol. The zero-order valence-corrected chi connectivity index (χ0v) is 7.95. The highest BCUT2D eigenvalue weighted by Gasteiger charge is 2.21. The Hall–Kier alpha value is -1.24. The van der Waals surface area contributed by atoms with Gasteiger partial charge in [-0.05, 0) is 6.07 Å². The maximum atomic E-state index is 9.48. The summed E-state index contributed by atoms with van der Waals surface area (Å²) in [4.78, 5) is 0. The van der Waals surface area contributed by atoms with Crippen LogP contribution in [-0.2, 0) is 0 Å². The first-order valence-electron chi connectivity index (χ1n) is 3.97. The third-order valence-electron chi connectivity index (χ3n) is 2.00. The second kappa shape index (κ2) is 3.16. The number of hydrogen-bond donors (Lipinski definition) is 4. The summed E-state index contributed by atoms with van der Waals surface area (Å²) in [5, 5.41) is 28.1. The minimum Gasteiger partial charge on any atom is -0.506 e. The molecule has 0 spiro atoms. The molecular formula is C8H8BNO3S. The fourth-order valence-corrected chi connectivity index (χ4v) is 2.34. The molecule has 4 nitrogen and oxygen atoms in total. The summed E-state index contributed by atoms with van der Waals surface area (Å²) in [6.45, 7) is 0. The van der Waals surface area contributed by atoms with Crippen molar-refractivity contribution < 1.29 is 15.2 Å². The molecule has 5 N–H and O–H groups in total. The number of phenols is 1. The molecule has 0 aliphatic carbocycles. The molecule has 1 aromatic heterocycles. The molecular weight excluding hydrogens is 201 g/mol. The van der Waals surface area contributed by atoms with Gasteiger partial charge in [-0.1, -0.05) is 12.1 Å². The molecule has 1 aromatic carbocycles. The largest absolute Gasteiger partial charge is 0.506 e. The van der Waals surface area contributed by atoms with Crippen molar-refractivity contribution in [2.45, 2.75) is 0 Å². The van der Waals surface area contributed by atoms with Crippen LogP contribution in [0.25, 0.3) is 10.1 Å². The zero-order chi connectivity index (χ0) is 10.3. The monoisotopic (exact) mass is 209 g/mol. The first-order valence-corrected chi connectivity index (χ1v) is 4.79. The van der Waals surface area contributed by atoms with Gasteiger partial charge in [-0.3, -0.25) is 0 Å². The van der Waals surface area contributed by atoms with E-state index in [1.54, 1.807) is 12.1 Å². The number of phenolic OH excluding ortho intramolecular Hbond substituents is 1. The molecule has 0 aliphatic rings. The van der Waals surface area contributed by atoms with E-state index >= 15 is 0 Å². The van der Waals surface area contributed by atoms with Crippen molar-refractivity contribution in [1.82, 2.24) is 0 Å². The van der Waals surface area contributed by atoms with E-state index in [1.807, 2.05) is 0 Å². The fourth-order valence-electron chi connectivity index (χ4n) is 1.33. The Morgan fingerprint density at radius 1 is 1.29 bits per heavy atom. The molecule has 2 rings (SSSR count). The van der Waals surface area contributed by atoms with Gasteiger partial charge in [0.05, 0.1) is 15.2 Å². The van der Waals surface area contributed by atoms with Gasteiger partial charge in [-0.15, -0.1) is 11.3 Å². The van der Waals surface area contributed by atoms with E-state index in [0.29, 0.717) is 15.8 Å². The molecule has 0 saturated carbocycles. The van der Waals surface area contributed by atoms with Gasteiger partial charge in [0.2, 0.25) is 0 Å². The predicted molar refractivity (Wildman–Crippen MR) is 57.7 cm³/mol. The average Bonchev–Trinajstić information content (AvgIpc) is 2.46. The molecule has 14 heavy (non-hydrogen) atoms. The SMILES string of the molecule is Nc1c(B(O)O)sc2c(O)cccc12. The van der Waals surface area contributed by atoms with Gasteiger partial charge in [0.25, 0.3) is 0 Å². The minimum atomic E-state index is -1.59. The molecule has 0 aliphatic heterocycles. The van der Waals surface area contributed by atoms with Crippen LogP contribution in [-0.4, -0.2) is 22.3 Å². The molecule has 0 radical (unpaired) electrons. The summed E-state index contributed by atoms with van der Waals surface area (Å²) < 4.78 is 0.842. The van der Waals surface area contributed by atoms with Crippen molar-refractivity contribution >= 4 is 39.0 Å². The molecule has 0 fully saturated rings. The highest BCUT2D eigenvalue weighted by molar-refractivity contribution is 7.29. The number of aromatic hydroxyl groups is 1. The van der Waals surface area contributed by atoms with Gasteiger partial charge >= 0.3 is 7.12 Å². The Bertz CT molecular complexity index is 483. The van der Waals surface area contributed by atoms with E-state index in [2.05, 4.69) is 0 Å². The number of nitrogen functional groups attached to an aromatic ring is 1. The second-order valence-corrected chi connectivity index (χ2v) is 3.96. The number of fused-ring (bicyclic) bond motifs is 1. The quantitative estimate of drug-likeness (QED) is 0.492. The highest BCUT2D eigenvalue weighted by atomic mass is 32.1. The van der Waals surface area contributed by atoms with E-state index in [4.69, 9.17) is 15.8 Å². The molecule has 0 amide bonds. The van der Waals surface area contributed by atoms with Gasteiger partial charge in [0.1, 0.15) is 5.75 Å². The molecule has 2 aromatic rings. The van der Waals surface area contributed by atoms with E-state index < -0.39 is 7.12 Å². The molecule has 72 valence electrons. The molecule has 0 saturated heterocycles. The van der Waals surface area contributed by atoms with Gasteiger partial charge < -0.3 is 20.9 Å². The molecule has 0 atom stereocenters. The number of anilines is 1. The van der Waals surface area contributed by atoms with Gasteiger partial charge in [-0.25, -0.2) is 0 Å². The van der Waals surface area contributed by atoms with Crippen molar-refractivity contribution in [2.75, 3.05) is 5.73 Å². The second-order valence-electron chi connectivity index (χ2n) is 2.91. The molecule has 6 heteroatoms. The van der Waals surface area contributed by atoms with Crippen LogP contribution in [0.3, 0.4) is 0 Å². The number of rotatable bonds is 1. The smallest absolute Gasteiger partial charge is 0.501 e. The Balaban J connectivity index is 2.80. The van der Waals surface area contributed by atoms with Crippen LogP contribution in [0.1, 0.15) is 0 Å². The maximum absolute atomic E-state index is 9.48. The Labute approximate surface area is 84.4 Å². The van der Waals surface area contributed by atoms with Crippen LogP contribution in [0.15, 0.2) is 18.2 Å². The lowest BCUT2D eigenvalue weighted by Gasteiger charge is -1.95. The van der Waals surface area contributed by atoms with Gasteiger partial charge in [0.15, 0.2) is 0 Å². The van der Waals surface area contributed by atoms with Crippen LogP contribution < -0.4 is 10.5 Å². The topological polar surface area (TPSA) is 86.7 Å². The predicted octanol–water partition coefficient (Wildman–Crippen LogP) is -0.131. The van der Waals surface area contributed by atoms with Crippen LogP contribution >= 0.6 is 11.3 Å². The highest BCUT2D eigenvalue weighted by Crippen LogP contribution is 2.32. The Morgan fingerprint density at radius 3 is 2.57 bits per heavy atom. The van der Waals surface area contributed by atoms with Crippen molar-refractivity contribution in [1.29, 1.82) is 0 Å². The van der Waals surface area contributed by atoms with Gasteiger partial charge in [-0.2, -0.15) is 0 Å². The molecule has 0 bridgehead atoms. The standard InChI is InChI=1S/C8H8BNO3S/c10-6-4-2-1-3-5(11)7(4)14-8(6)9(12)13/h1-3,11-13H,10H2. The summed E-state index contributed by atoms with van der Waals surface area (Å²) in [5.74, 6) is 0.103. The van der Waals surface area contributed by atoms with E-state index in [9.17, 15) is 5.11 Å². The zero-order valence-electron chi connectivity index (χ0n) is 7.14. The number of thiophene rings is 1. The first-order chi connectivity index (χ1) is 6.61. The normalized spacial score (nSPS) is 10.7. The third-order valence-corrected chi connectivity index (χ3v) is 3.28. The van der Waals surface area contributed by atoms with Crippen LogP contribution in [0, 0.1) is 0 Å². The van der Waals surface area contributed by atoms with Gasteiger partial charge in [0, 0.05) is 5.39 Å². The summed E-state index contributed by atoms with van der Waals surface area (Å²) in [6.07, 6.45) is 0. The first kappa shape index (κ1) is 9.33. The van der Waals surface area contributed by atoms with Crippen LogP contribution in [0.5, 0.6) is 5.75 Å². The molecule has 1 heterocycles. The molecule has 0 unspecified atom stereocenters. The Morgan fingerprint density at radius 2 is 2.00 bits per heavy atom. The maximum Gasteiger partial charge on any atom is 0.501 e. The number of hydrogen-bond acceptors (Lipinski definition) is 5. The van der Waals surface area contributed by atoms with E-state index in [1.165, 1.54) is 6.07 Å². The fraction of sp³-hybridized carbons (Fsp3) is 0. The van der Waals surface area contributed by atoms with Crippen molar-refractivity contribution in [3.8, 4) is 5.75 Å². The lowest BCUT2D eigenvalue weighted by atomic mass is 9.88. The van der Waals surface area contributed by atoms with Crippen molar-refractivity contribution in [3.05, 3.63) is 18.2 Å². The van der Waals surface area contributed by atoms with E-state index in [-0.39, 0.29) is 10.5 Å². The lowest BCUT2D eigenvalue weighted by molar-refractivity contribution is 0.427. The van der Waals surface area contributed by atoms with Crippen molar-refractivity contribution in [2.24, 2.45) is 0 Å². The summed E-state index contributed by atoms with van der Waals surface area (Å²) in [7, 11) is -1.59.